The van der Waals surface area contributed by atoms with Gasteiger partial charge in [0.1, 0.15) is 0 Å². The summed E-state index contributed by atoms with van der Waals surface area (Å²) in [6, 6.07) is 0. The zero-order valence-corrected chi connectivity index (χ0v) is 12.3. The molecule has 2 heterocycles. The number of piperidine rings is 1. The van der Waals surface area contributed by atoms with Gasteiger partial charge in [0.25, 0.3) is 0 Å². The molecule has 1 fully saturated rings. The van der Waals surface area contributed by atoms with Crippen LogP contribution in [0, 0.1) is 5.41 Å². The molecule has 6 nitrogen and oxygen atoms in total. The minimum atomic E-state index is -0.693. The molecular formula is C14H23N3O3. The number of hydrogen-bond acceptors (Lipinski definition) is 5. The lowest BCUT2D eigenvalue weighted by atomic mass is 9.77. The average Bonchev–Trinajstić information content (AvgIpc) is 2.86. The van der Waals surface area contributed by atoms with Crippen molar-refractivity contribution < 1.29 is 14.4 Å². The monoisotopic (exact) mass is 281 g/mol. The number of rotatable bonds is 6. The summed E-state index contributed by atoms with van der Waals surface area (Å²) in [6.07, 6.45) is 4.11. The SMILES string of the molecule is CCCc1noc(CN2CCCC(CC)(C(=O)O)C2)n1. The predicted octanol–water partition coefficient (Wildman–Crippen LogP) is 2.10. The third kappa shape index (κ3) is 3.17. The predicted molar refractivity (Wildman–Crippen MR) is 73.2 cm³/mol. The van der Waals surface area contributed by atoms with Gasteiger partial charge in [0.2, 0.25) is 5.89 Å². The second kappa shape index (κ2) is 6.35. The summed E-state index contributed by atoms with van der Waals surface area (Å²) in [4.78, 5) is 18.0. The molecule has 1 unspecified atom stereocenters. The summed E-state index contributed by atoms with van der Waals surface area (Å²) in [6.45, 7) is 6.02. The smallest absolute Gasteiger partial charge is 0.310 e. The Morgan fingerprint density at radius 3 is 2.95 bits per heavy atom. The van der Waals surface area contributed by atoms with Gasteiger partial charge in [-0.3, -0.25) is 9.69 Å². The van der Waals surface area contributed by atoms with E-state index in [9.17, 15) is 9.90 Å². The summed E-state index contributed by atoms with van der Waals surface area (Å²) in [5.74, 6) is 0.632. The maximum Gasteiger partial charge on any atom is 0.310 e. The van der Waals surface area contributed by atoms with Crippen LogP contribution in [-0.4, -0.2) is 39.2 Å². The number of nitrogens with zero attached hydrogens (tertiary/aromatic N) is 3. The van der Waals surface area contributed by atoms with Crippen LogP contribution < -0.4 is 0 Å². The van der Waals surface area contributed by atoms with Gasteiger partial charge < -0.3 is 9.63 Å². The van der Waals surface area contributed by atoms with Crippen molar-refractivity contribution in [1.29, 1.82) is 0 Å². The van der Waals surface area contributed by atoms with Crippen molar-refractivity contribution >= 4 is 5.97 Å². The Bertz CT molecular complexity index is 460. The topological polar surface area (TPSA) is 79.5 Å². The number of hydrogen-bond donors (Lipinski definition) is 1. The number of aliphatic carboxylic acids is 1. The molecule has 1 aliphatic heterocycles. The molecule has 1 aliphatic rings. The fourth-order valence-electron chi connectivity index (χ4n) is 2.85. The first-order chi connectivity index (χ1) is 9.59. The molecule has 1 saturated heterocycles. The Morgan fingerprint density at radius 2 is 2.30 bits per heavy atom. The fraction of sp³-hybridized carbons (Fsp3) is 0.786. The average molecular weight is 281 g/mol. The Labute approximate surface area is 119 Å². The second-order valence-electron chi connectivity index (χ2n) is 5.61. The van der Waals surface area contributed by atoms with Gasteiger partial charge in [-0.05, 0) is 32.2 Å². The van der Waals surface area contributed by atoms with Gasteiger partial charge in [0.15, 0.2) is 5.82 Å². The lowest BCUT2D eigenvalue weighted by Crippen LogP contribution is -2.47. The van der Waals surface area contributed by atoms with Crippen LogP contribution in [0.1, 0.15) is 51.2 Å². The maximum absolute atomic E-state index is 11.5. The molecule has 0 bridgehead atoms. The zero-order chi connectivity index (χ0) is 14.6. The van der Waals surface area contributed by atoms with Crippen molar-refractivity contribution in [3.8, 4) is 0 Å². The second-order valence-corrected chi connectivity index (χ2v) is 5.61. The minimum absolute atomic E-state index is 0.547. The highest BCUT2D eigenvalue weighted by atomic mass is 16.5. The van der Waals surface area contributed by atoms with Crippen molar-refractivity contribution in [3.63, 3.8) is 0 Å². The third-order valence-corrected chi connectivity index (χ3v) is 4.13. The van der Waals surface area contributed by atoms with Crippen LogP contribution in [0.25, 0.3) is 0 Å². The first kappa shape index (κ1) is 15.0. The van der Waals surface area contributed by atoms with Crippen molar-refractivity contribution in [3.05, 3.63) is 11.7 Å². The quantitative estimate of drug-likeness (QED) is 0.860. The number of carbonyl (C=O) groups is 1. The maximum atomic E-state index is 11.5. The standard InChI is InChI=1S/C14H23N3O3/c1-3-6-11-15-12(20-16-11)9-17-8-5-7-14(4-2,10-17)13(18)19/h3-10H2,1-2H3,(H,18,19). The van der Waals surface area contributed by atoms with E-state index in [1.807, 2.05) is 6.92 Å². The Hall–Kier alpha value is -1.43. The number of carboxylic acid groups (broad SMARTS) is 1. The highest BCUT2D eigenvalue weighted by Crippen LogP contribution is 2.34. The van der Waals surface area contributed by atoms with Crippen LogP contribution in [0.15, 0.2) is 4.52 Å². The number of likely N-dealkylation sites (tertiary alicyclic amines) is 1. The summed E-state index contributed by atoms with van der Waals surface area (Å²) in [5.41, 5.74) is -0.621. The largest absolute Gasteiger partial charge is 0.481 e. The van der Waals surface area contributed by atoms with Gasteiger partial charge in [-0.2, -0.15) is 4.98 Å². The number of carboxylic acids is 1. The van der Waals surface area contributed by atoms with Gasteiger partial charge >= 0.3 is 5.97 Å². The summed E-state index contributed by atoms with van der Waals surface area (Å²) in [7, 11) is 0. The van der Waals surface area contributed by atoms with Gasteiger partial charge in [-0.15, -0.1) is 0 Å². The molecule has 2 rings (SSSR count). The van der Waals surface area contributed by atoms with Crippen molar-refractivity contribution in [1.82, 2.24) is 15.0 Å². The van der Waals surface area contributed by atoms with Crippen LogP contribution >= 0.6 is 0 Å². The molecule has 112 valence electrons. The Morgan fingerprint density at radius 1 is 1.50 bits per heavy atom. The highest BCUT2D eigenvalue weighted by Gasteiger charge is 2.40. The van der Waals surface area contributed by atoms with Crippen molar-refractivity contribution in [2.45, 2.75) is 52.5 Å². The van der Waals surface area contributed by atoms with Crippen LogP contribution in [-0.2, 0) is 17.8 Å². The number of aromatic nitrogens is 2. The lowest BCUT2D eigenvalue weighted by molar-refractivity contribution is -0.153. The lowest BCUT2D eigenvalue weighted by Gasteiger charge is -2.38. The Balaban J connectivity index is 2.00. The van der Waals surface area contributed by atoms with E-state index in [1.165, 1.54) is 0 Å². The van der Waals surface area contributed by atoms with E-state index in [0.29, 0.717) is 25.4 Å². The van der Waals surface area contributed by atoms with Gasteiger partial charge in [-0.25, -0.2) is 0 Å². The normalized spacial score (nSPS) is 23.9. The molecule has 1 N–H and O–H groups in total. The van der Waals surface area contributed by atoms with E-state index in [1.54, 1.807) is 0 Å². The van der Waals surface area contributed by atoms with Crippen molar-refractivity contribution in [2.24, 2.45) is 5.41 Å². The first-order valence-electron chi connectivity index (χ1n) is 7.37. The minimum Gasteiger partial charge on any atom is -0.481 e. The molecule has 1 atom stereocenters. The highest BCUT2D eigenvalue weighted by molar-refractivity contribution is 5.75. The molecule has 0 amide bonds. The molecule has 0 saturated carbocycles. The Kier molecular flexibility index (Phi) is 4.75. The van der Waals surface area contributed by atoms with Crippen LogP contribution in [0.5, 0.6) is 0 Å². The van der Waals surface area contributed by atoms with E-state index >= 15 is 0 Å². The fourth-order valence-corrected chi connectivity index (χ4v) is 2.85. The van der Waals surface area contributed by atoms with Crippen LogP contribution in [0.2, 0.25) is 0 Å². The molecule has 0 aromatic carbocycles. The summed E-state index contributed by atoms with van der Waals surface area (Å²) >= 11 is 0. The molecular weight excluding hydrogens is 258 g/mol. The van der Waals surface area contributed by atoms with E-state index < -0.39 is 11.4 Å². The molecule has 6 heteroatoms. The third-order valence-electron chi connectivity index (χ3n) is 4.13. The summed E-state index contributed by atoms with van der Waals surface area (Å²) < 4.78 is 5.23. The van der Waals surface area contributed by atoms with E-state index in [4.69, 9.17) is 4.52 Å². The first-order valence-corrected chi connectivity index (χ1v) is 7.37. The van der Waals surface area contributed by atoms with E-state index in [2.05, 4.69) is 22.0 Å². The molecule has 1 aromatic heterocycles. The van der Waals surface area contributed by atoms with E-state index in [-0.39, 0.29) is 0 Å². The molecule has 1 aromatic rings. The van der Waals surface area contributed by atoms with Gasteiger partial charge in [0, 0.05) is 13.0 Å². The van der Waals surface area contributed by atoms with Crippen molar-refractivity contribution in [2.75, 3.05) is 13.1 Å². The van der Waals surface area contributed by atoms with Gasteiger partial charge in [0.05, 0.1) is 12.0 Å². The summed E-state index contributed by atoms with van der Waals surface area (Å²) in [5, 5.41) is 13.4. The zero-order valence-electron chi connectivity index (χ0n) is 12.3. The molecule has 20 heavy (non-hydrogen) atoms. The van der Waals surface area contributed by atoms with Crippen LogP contribution in [0.4, 0.5) is 0 Å². The molecule has 0 radical (unpaired) electrons. The van der Waals surface area contributed by atoms with Crippen LogP contribution in [0.3, 0.4) is 0 Å². The van der Waals surface area contributed by atoms with E-state index in [0.717, 1.165) is 38.1 Å². The van der Waals surface area contributed by atoms with Gasteiger partial charge in [-0.1, -0.05) is 19.0 Å². The molecule has 0 spiro atoms. The number of aryl methyl sites for hydroxylation is 1. The molecule has 0 aliphatic carbocycles.